The van der Waals surface area contributed by atoms with Crippen molar-refractivity contribution in [2.75, 3.05) is 10.6 Å². The summed E-state index contributed by atoms with van der Waals surface area (Å²) in [7, 11) is 0. The second-order valence-corrected chi connectivity index (χ2v) is 9.40. The van der Waals surface area contributed by atoms with Crippen LogP contribution in [0.15, 0.2) is 24.3 Å². The highest BCUT2D eigenvalue weighted by atomic mass is 16.2. The second-order valence-electron chi connectivity index (χ2n) is 9.40. The van der Waals surface area contributed by atoms with Crippen molar-refractivity contribution in [1.82, 2.24) is 15.1 Å². The van der Waals surface area contributed by atoms with E-state index in [0.717, 1.165) is 35.5 Å². The normalized spacial score (nSPS) is 17.2. The van der Waals surface area contributed by atoms with Crippen molar-refractivity contribution in [1.29, 1.82) is 0 Å². The first-order valence-corrected chi connectivity index (χ1v) is 10.9. The van der Waals surface area contributed by atoms with Crippen LogP contribution in [0.3, 0.4) is 0 Å². The number of nitrogens with one attached hydrogen (secondary N) is 3. The number of carbonyl (C=O) groups is 2. The molecule has 1 saturated carbocycles. The molecule has 7 heteroatoms. The van der Waals surface area contributed by atoms with Crippen LogP contribution in [0.2, 0.25) is 0 Å². The van der Waals surface area contributed by atoms with Crippen molar-refractivity contribution in [2.24, 2.45) is 0 Å². The Morgan fingerprint density at radius 1 is 1.13 bits per heavy atom. The molecule has 30 heavy (non-hydrogen) atoms. The lowest BCUT2D eigenvalue weighted by Crippen LogP contribution is -2.39. The molecule has 1 aromatic heterocycles. The molecule has 0 radical (unpaired) electrons. The summed E-state index contributed by atoms with van der Waals surface area (Å²) in [5.41, 5.74) is 3.55. The molecule has 2 aromatic rings. The summed E-state index contributed by atoms with van der Waals surface area (Å²) in [6, 6.07) is 7.87. The molecule has 7 nitrogen and oxygen atoms in total. The van der Waals surface area contributed by atoms with Crippen LogP contribution in [-0.2, 0) is 16.6 Å². The summed E-state index contributed by atoms with van der Waals surface area (Å²) in [5.74, 6) is 0.694. The quantitative estimate of drug-likeness (QED) is 0.697. The van der Waals surface area contributed by atoms with E-state index in [1.54, 1.807) is 4.68 Å². The van der Waals surface area contributed by atoms with Gasteiger partial charge in [-0.2, -0.15) is 5.10 Å². The number of aryl methyl sites for hydroxylation is 1. The van der Waals surface area contributed by atoms with Gasteiger partial charge in [-0.05, 0) is 43.0 Å². The Kier molecular flexibility index (Phi) is 5.54. The summed E-state index contributed by atoms with van der Waals surface area (Å²) >= 11 is 0. The maximum Gasteiger partial charge on any atom is 0.320 e. The summed E-state index contributed by atoms with van der Waals surface area (Å²) in [4.78, 5) is 24.3. The fourth-order valence-electron chi connectivity index (χ4n) is 4.12. The van der Waals surface area contributed by atoms with Crippen molar-refractivity contribution >= 4 is 23.4 Å². The van der Waals surface area contributed by atoms with Crippen LogP contribution >= 0.6 is 0 Å². The smallest absolute Gasteiger partial charge is 0.320 e. The number of urea groups is 1. The van der Waals surface area contributed by atoms with Crippen LogP contribution in [-0.4, -0.2) is 27.8 Å². The molecule has 1 fully saturated rings. The Bertz CT molecular complexity index is 951. The van der Waals surface area contributed by atoms with E-state index < -0.39 is 0 Å². The van der Waals surface area contributed by atoms with E-state index in [1.807, 2.05) is 24.3 Å². The van der Waals surface area contributed by atoms with Gasteiger partial charge < -0.3 is 10.6 Å². The van der Waals surface area contributed by atoms with Gasteiger partial charge in [0.25, 0.3) is 0 Å². The molecule has 1 aromatic carbocycles. The zero-order chi connectivity index (χ0) is 21.3. The molecule has 160 valence electrons. The van der Waals surface area contributed by atoms with E-state index in [4.69, 9.17) is 5.10 Å². The Hall–Kier alpha value is -2.83. The molecule has 0 saturated heterocycles. The van der Waals surface area contributed by atoms with E-state index in [9.17, 15) is 9.59 Å². The molecule has 0 spiro atoms. The monoisotopic (exact) mass is 409 g/mol. The summed E-state index contributed by atoms with van der Waals surface area (Å²) in [6.45, 7) is 6.32. The van der Waals surface area contributed by atoms with Crippen molar-refractivity contribution in [3.8, 4) is 5.69 Å². The number of fused-ring (bicyclic) bond motifs is 1. The molecule has 0 unspecified atom stereocenters. The fourth-order valence-corrected chi connectivity index (χ4v) is 4.12. The number of anilines is 2. The lowest BCUT2D eigenvalue weighted by atomic mass is 9.92. The molecule has 3 amide bonds. The number of benzene rings is 1. The van der Waals surface area contributed by atoms with E-state index in [2.05, 4.69) is 36.7 Å². The topological polar surface area (TPSA) is 88.0 Å². The Morgan fingerprint density at radius 3 is 2.63 bits per heavy atom. The van der Waals surface area contributed by atoms with Gasteiger partial charge >= 0.3 is 6.03 Å². The number of carbonyl (C=O) groups excluding carboxylic acids is 2. The third kappa shape index (κ3) is 4.50. The first kappa shape index (κ1) is 20.4. The lowest BCUT2D eigenvalue weighted by molar-refractivity contribution is -0.116. The van der Waals surface area contributed by atoms with Gasteiger partial charge in [-0.25, -0.2) is 9.48 Å². The molecule has 4 rings (SSSR count). The zero-order valence-corrected chi connectivity index (χ0v) is 18.0. The van der Waals surface area contributed by atoms with Gasteiger partial charge in [-0.15, -0.1) is 0 Å². The van der Waals surface area contributed by atoms with Gasteiger partial charge in [-0.3, -0.25) is 10.1 Å². The minimum Gasteiger partial charge on any atom is -0.335 e. The number of hydrogen-bond donors (Lipinski definition) is 3. The van der Waals surface area contributed by atoms with Gasteiger partial charge in [0, 0.05) is 29.6 Å². The molecule has 2 aliphatic rings. The standard InChI is InChI=1S/C23H31N5O2/c1-23(2,3)19-14-20(26-22(30)24-16-7-5-4-6-8-16)28(27-19)17-10-11-18-15(13-17)9-12-21(29)25-18/h10-11,13-14,16H,4-9,12H2,1-3H3,(H,25,29)(H2,24,26,30). The Morgan fingerprint density at radius 2 is 1.90 bits per heavy atom. The number of nitrogens with zero attached hydrogens (tertiary/aromatic N) is 2. The number of aromatic nitrogens is 2. The first-order chi connectivity index (χ1) is 14.3. The van der Waals surface area contributed by atoms with Crippen molar-refractivity contribution in [3.63, 3.8) is 0 Å². The highest BCUT2D eigenvalue weighted by Gasteiger charge is 2.23. The van der Waals surface area contributed by atoms with Gasteiger partial charge in [0.1, 0.15) is 5.82 Å². The number of hydrogen-bond acceptors (Lipinski definition) is 3. The van der Waals surface area contributed by atoms with Gasteiger partial charge in [0.2, 0.25) is 5.91 Å². The van der Waals surface area contributed by atoms with Crippen molar-refractivity contribution < 1.29 is 9.59 Å². The molecular weight excluding hydrogens is 378 g/mol. The van der Waals surface area contributed by atoms with E-state index in [0.29, 0.717) is 18.7 Å². The predicted octanol–water partition coefficient (Wildman–Crippen LogP) is 4.51. The number of amides is 3. The fraction of sp³-hybridized carbons (Fsp3) is 0.522. The highest BCUT2D eigenvalue weighted by molar-refractivity contribution is 5.94. The first-order valence-electron chi connectivity index (χ1n) is 10.9. The van der Waals surface area contributed by atoms with Crippen LogP contribution in [0.25, 0.3) is 5.69 Å². The minimum absolute atomic E-state index is 0.0473. The molecule has 1 aliphatic heterocycles. The third-order valence-electron chi connectivity index (χ3n) is 5.89. The van der Waals surface area contributed by atoms with Crippen molar-refractivity contribution in [2.45, 2.75) is 77.2 Å². The molecule has 2 heterocycles. The molecule has 0 atom stereocenters. The lowest BCUT2D eigenvalue weighted by Gasteiger charge is -2.23. The Labute approximate surface area is 177 Å². The van der Waals surface area contributed by atoms with Crippen molar-refractivity contribution in [3.05, 3.63) is 35.5 Å². The summed E-state index contributed by atoms with van der Waals surface area (Å²) < 4.78 is 1.79. The maximum atomic E-state index is 12.7. The average molecular weight is 410 g/mol. The van der Waals surface area contributed by atoms with E-state index in [-0.39, 0.29) is 23.4 Å². The molecule has 0 bridgehead atoms. The van der Waals surface area contributed by atoms with Crippen LogP contribution in [0, 0.1) is 0 Å². The summed E-state index contributed by atoms with van der Waals surface area (Å²) in [5, 5.41) is 13.8. The van der Waals surface area contributed by atoms with E-state index >= 15 is 0 Å². The minimum atomic E-state index is -0.186. The molecular formula is C23H31N5O2. The molecule has 1 aliphatic carbocycles. The van der Waals surface area contributed by atoms with Gasteiger partial charge in [-0.1, -0.05) is 40.0 Å². The average Bonchev–Trinajstić information content (AvgIpc) is 3.12. The Balaban J connectivity index is 1.61. The van der Waals surface area contributed by atoms with E-state index in [1.165, 1.54) is 19.3 Å². The van der Waals surface area contributed by atoms with Gasteiger partial charge in [0.15, 0.2) is 0 Å². The SMILES string of the molecule is CC(C)(C)c1cc(NC(=O)NC2CCCCC2)n(-c2ccc3c(c2)CCC(=O)N3)n1. The predicted molar refractivity (Wildman–Crippen MR) is 118 cm³/mol. The summed E-state index contributed by atoms with van der Waals surface area (Å²) in [6.07, 6.45) is 6.85. The van der Waals surface area contributed by atoms with Crippen LogP contribution in [0.1, 0.15) is 70.6 Å². The maximum absolute atomic E-state index is 12.7. The third-order valence-corrected chi connectivity index (χ3v) is 5.89. The van der Waals surface area contributed by atoms with Gasteiger partial charge in [0.05, 0.1) is 11.4 Å². The second kappa shape index (κ2) is 8.13. The largest absolute Gasteiger partial charge is 0.335 e. The highest BCUT2D eigenvalue weighted by Crippen LogP contribution is 2.29. The van der Waals surface area contributed by atoms with Crippen LogP contribution in [0.5, 0.6) is 0 Å². The number of rotatable bonds is 3. The van der Waals surface area contributed by atoms with Crippen LogP contribution in [0.4, 0.5) is 16.3 Å². The molecule has 3 N–H and O–H groups in total. The zero-order valence-electron chi connectivity index (χ0n) is 18.0. The van der Waals surface area contributed by atoms with Crippen LogP contribution < -0.4 is 16.0 Å².